The zero-order valence-corrected chi connectivity index (χ0v) is 13.0. The fraction of sp³-hybridized carbons (Fsp3) is 0.294. The number of hydrogen-bond acceptors (Lipinski definition) is 3. The van der Waals surface area contributed by atoms with Crippen LogP contribution in [0.5, 0.6) is 0 Å². The summed E-state index contributed by atoms with van der Waals surface area (Å²) in [6.07, 6.45) is 4.66. The zero-order valence-electron chi connectivity index (χ0n) is 13.0. The lowest BCUT2D eigenvalue weighted by Gasteiger charge is -2.22. The van der Waals surface area contributed by atoms with Gasteiger partial charge in [0.05, 0.1) is 18.0 Å². The Hall–Kier alpha value is -2.36. The molecule has 0 bridgehead atoms. The van der Waals surface area contributed by atoms with Gasteiger partial charge in [-0.2, -0.15) is 0 Å². The van der Waals surface area contributed by atoms with Gasteiger partial charge in [-0.3, -0.25) is 0 Å². The lowest BCUT2D eigenvalue weighted by molar-refractivity contribution is 0.946. The molecule has 0 radical (unpaired) electrons. The molecule has 3 aromatic rings. The first kappa shape index (κ1) is 13.6. The first-order chi connectivity index (χ1) is 10.1. The van der Waals surface area contributed by atoms with Gasteiger partial charge in [0.1, 0.15) is 11.3 Å². The molecule has 2 aromatic heterocycles. The molecule has 21 heavy (non-hydrogen) atoms. The fourth-order valence-corrected chi connectivity index (χ4v) is 2.61. The van der Waals surface area contributed by atoms with E-state index < -0.39 is 0 Å². The van der Waals surface area contributed by atoms with Crippen molar-refractivity contribution in [2.45, 2.75) is 20.3 Å². The molecule has 0 N–H and O–H groups in total. The van der Waals surface area contributed by atoms with E-state index in [1.165, 1.54) is 16.8 Å². The minimum atomic E-state index is 0.926. The maximum Gasteiger partial charge on any atom is 0.134 e. The lowest BCUT2D eigenvalue weighted by Crippen LogP contribution is -2.13. The Bertz CT molecular complexity index is 789. The van der Waals surface area contributed by atoms with Gasteiger partial charge in [-0.15, -0.1) is 0 Å². The number of pyridine rings is 1. The van der Waals surface area contributed by atoms with E-state index in [0.717, 1.165) is 23.3 Å². The van der Waals surface area contributed by atoms with Crippen molar-refractivity contribution >= 4 is 22.5 Å². The summed E-state index contributed by atoms with van der Waals surface area (Å²) >= 11 is 0. The molecule has 3 rings (SSSR count). The first-order valence-electron chi connectivity index (χ1n) is 7.20. The molecule has 0 saturated carbocycles. The van der Waals surface area contributed by atoms with E-state index >= 15 is 0 Å². The maximum absolute atomic E-state index is 4.55. The Morgan fingerprint density at radius 1 is 1.19 bits per heavy atom. The lowest BCUT2D eigenvalue weighted by atomic mass is 10.1. The minimum Gasteiger partial charge on any atom is -0.334 e. The third-order valence-corrected chi connectivity index (χ3v) is 3.92. The van der Waals surface area contributed by atoms with Gasteiger partial charge in [-0.05, 0) is 30.5 Å². The molecule has 108 valence electrons. The third-order valence-electron chi connectivity index (χ3n) is 3.92. The molecule has 0 spiro atoms. The number of fused-ring (bicyclic) bond motifs is 1. The average Bonchev–Trinajstić information content (AvgIpc) is 2.87. The topological polar surface area (TPSA) is 34.0 Å². The molecule has 0 saturated heterocycles. The van der Waals surface area contributed by atoms with Crippen LogP contribution in [0.2, 0.25) is 0 Å². The van der Waals surface area contributed by atoms with Crippen molar-refractivity contribution in [3.63, 3.8) is 0 Å². The highest BCUT2D eigenvalue weighted by Gasteiger charge is 2.11. The van der Waals surface area contributed by atoms with E-state index in [1.807, 2.05) is 24.1 Å². The Balaban J connectivity index is 2.09. The van der Waals surface area contributed by atoms with Crippen LogP contribution in [-0.4, -0.2) is 21.6 Å². The molecule has 2 heterocycles. The van der Waals surface area contributed by atoms with E-state index in [2.05, 4.69) is 60.0 Å². The molecule has 0 amide bonds. The number of benzene rings is 1. The van der Waals surface area contributed by atoms with E-state index in [0.29, 0.717) is 0 Å². The summed E-state index contributed by atoms with van der Waals surface area (Å²) in [5.74, 6) is 0.936. The molecule has 0 fully saturated rings. The number of aromatic nitrogens is 3. The Kier molecular flexibility index (Phi) is 3.37. The molecule has 0 atom stereocenters. The molecule has 4 nitrogen and oxygen atoms in total. The SMILES string of the molecule is CCc1ccc(C)cc1N(C)c1cc2c(cn1)ncn2C. The van der Waals surface area contributed by atoms with Gasteiger partial charge in [-0.25, -0.2) is 9.97 Å². The van der Waals surface area contributed by atoms with Gasteiger partial charge in [0.25, 0.3) is 0 Å². The Morgan fingerprint density at radius 2 is 2.00 bits per heavy atom. The molecule has 0 aliphatic carbocycles. The summed E-state index contributed by atoms with van der Waals surface area (Å²) < 4.78 is 2.02. The highest BCUT2D eigenvalue weighted by atomic mass is 15.2. The summed E-state index contributed by atoms with van der Waals surface area (Å²) in [4.78, 5) is 11.0. The molecular formula is C17H20N4. The van der Waals surface area contributed by atoms with Crippen LogP contribution in [0, 0.1) is 6.92 Å². The van der Waals surface area contributed by atoms with Gasteiger partial charge < -0.3 is 9.47 Å². The second kappa shape index (κ2) is 5.20. The van der Waals surface area contributed by atoms with Gasteiger partial charge in [0, 0.05) is 25.8 Å². The van der Waals surface area contributed by atoms with Crippen LogP contribution in [-0.2, 0) is 13.5 Å². The predicted octanol–water partition coefficient (Wildman–Crippen LogP) is 3.61. The normalized spacial score (nSPS) is 11.0. The second-order valence-electron chi connectivity index (χ2n) is 5.43. The predicted molar refractivity (Wildman–Crippen MR) is 87.1 cm³/mol. The van der Waals surface area contributed by atoms with E-state index in [9.17, 15) is 0 Å². The number of nitrogens with zero attached hydrogens (tertiary/aromatic N) is 4. The molecular weight excluding hydrogens is 260 g/mol. The van der Waals surface area contributed by atoms with Crippen LogP contribution in [0.1, 0.15) is 18.1 Å². The minimum absolute atomic E-state index is 0.926. The van der Waals surface area contributed by atoms with Crippen LogP contribution < -0.4 is 4.90 Å². The molecule has 0 unspecified atom stereocenters. The van der Waals surface area contributed by atoms with Crippen LogP contribution in [0.15, 0.2) is 36.8 Å². The van der Waals surface area contributed by atoms with Crippen molar-refractivity contribution in [3.8, 4) is 0 Å². The van der Waals surface area contributed by atoms with Crippen molar-refractivity contribution in [2.24, 2.45) is 7.05 Å². The summed E-state index contributed by atoms with van der Waals surface area (Å²) in [5, 5.41) is 0. The molecule has 0 aliphatic heterocycles. The van der Waals surface area contributed by atoms with E-state index in [-0.39, 0.29) is 0 Å². The molecule has 0 aliphatic rings. The number of aryl methyl sites for hydroxylation is 3. The van der Waals surface area contributed by atoms with Crippen molar-refractivity contribution in [2.75, 3.05) is 11.9 Å². The van der Waals surface area contributed by atoms with Crippen LogP contribution in [0.25, 0.3) is 11.0 Å². The summed E-state index contributed by atoms with van der Waals surface area (Å²) in [7, 11) is 4.07. The van der Waals surface area contributed by atoms with E-state index in [4.69, 9.17) is 0 Å². The number of rotatable bonds is 3. The first-order valence-corrected chi connectivity index (χ1v) is 7.20. The Labute approximate surface area is 125 Å². The van der Waals surface area contributed by atoms with Crippen molar-refractivity contribution in [1.82, 2.24) is 14.5 Å². The average molecular weight is 280 g/mol. The summed E-state index contributed by atoms with van der Waals surface area (Å²) in [6, 6.07) is 8.66. The van der Waals surface area contributed by atoms with Crippen molar-refractivity contribution in [3.05, 3.63) is 47.9 Å². The standard InChI is InChI=1S/C17H20N4/c1-5-13-7-6-12(2)8-15(13)21(4)17-9-16-14(10-18-17)19-11-20(16)3/h6-11H,5H2,1-4H3. The third kappa shape index (κ3) is 2.37. The van der Waals surface area contributed by atoms with E-state index in [1.54, 1.807) is 0 Å². The number of hydrogen-bond donors (Lipinski definition) is 0. The fourth-order valence-electron chi connectivity index (χ4n) is 2.61. The smallest absolute Gasteiger partial charge is 0.134 e. The quantitative estimate of drug-likeness (QED) is 0.735. The van der Waals surface area contributed by atoms with Crippen molar-refractivity contribution < 1.29 is 0 Å². The monoisotopic (exact) mass is 280 g/mol. The summed E-state index contributed by atoms with van der Waals surface area (Å²) in [6.45, 7) is 4.30. The van der Waals surface area contributed by atoms with Gasteiger partial charge in [0.15, 0.2) is 0 Å². The summed E-state index contributed by atoms with van der Waals surface area (Å²) in [5.41, 5.74) is 5.82. The Morgan fingerprint density at radius 3 is 2.76 bits per heavy atom. The highest BCUT2D eigenvalue weighted by Crippen LogP contribution is 2.28. The largest absolute Gasteiger partial charge is 0.334 e. The van der Waals surface area contributed by atoms with Crippen LogP contribution in [0.3, 0.4) is 0 Å². The highest BCUT2D eigenvalue weighted by molar-refractivity contribution is 5.79. The number of imidazole rings is 1. The molecule has 4 heteroatoms. The van der Waals surface area contributed by atoms with Gasteiger partial charge in [-0.1, -0.05) is 19.1 Å². The van der Waals surface area contributed by atoms with Gasteiger partial charge >= 0.3 is 0 Å². The molecule has 1 aromatic carbocycles. The maximum atomic E-state index is 4.55. The van der Waals surface area contributed by atoms with Gasteiger partial charge in [0.2, 0.25) is 0 Å². The van der Waals surface area contributed by atoms with Crippen molar-refractivity contribution in [1.29, 1.82) is 0 Å². The second-order valence-corrected chi connectivity index (χ2v) is 5.43. The zero-order chi connectivity index (χ0) is 15.0. The number of anilines is 2. The van der Waals surface area contributed by atoms with Crippen LogP contribution in [0.4, 0.5) is 11.5 Å². The van der Waals surface area contributed by atoms with Crippen LogP contribution >= 0.6 is 0 Å².